The van der Waals surface area contributed by atoms with Crippen molar-refractivity contribution in [2.24, 2.45) is 0 Å². The van der Waals surface area contributed by atoms with E-state index in [2.05, 4.69) is 27.1 Å². The van der Waals surface area contributed by atoms with Gasteiger partial charge in [0.15, 0.2) is 0 Å². The lowest BCUT2D eigenvalue weighted by Crippen LogP contribution is -2.37. The Balaban J connectivity index is 1.93. The van der Waals surface area contributed by atoms with Crippen LogP contribution in [0.1, 0.15) is 45.2 Å². The Bertz CT molecular complexity index is 760. The number of carbonyl (C=O) groups is 1. The molecule has 0 saturated heterocycles. The van der Waals surface area contributed by atoms with Crippen LogP contribution in [0.25, 0.3) is 11.0 Å². The smallest absolute Gasteiger partial charge is 0.407 e. The highest BCUT2D eigenvalue weighted by Gasteiger charge is 2.17. The Morgan fingerprint density at radius 1 is 1.48 bits per heavy atom. The van der Waals surface area contributed by atoms with E-state index in [-0.39, 0.29) is 6.04 Å². The van der Waals surface area contributed by atoms with Crippen LogP contribution in [0.2, 0.25) is 0 Å². The molecule has 0 aliphatic heterocycles. The molecule has 1 amide bonds. The van der Waals surface area contributed by atoms with Crippen molar-refractivity contribution in [1.29, 1.82) is 0 Å². The lowest BCUT2D eigenvalue weighted by molar-refractivity contribution is 0.0509. The average Bonchev–Trinajstić information content (AvgIpc) is 2.78. The maximum absolute atomic E-state index is 11.7. The second-order valence-corrected chi connectivity index (χ2v) is 6.65. The topological polar surface area (TPSA) is 67.0 Å². The van der Waals surface area contributed by atoms with Gasteiger partial charge >= 0.3 is 6.09 Å². The number of rotatable bonds is 2. The minimum absolute atomic E-state index is 0.0805. The number of hydrogen-bond acceptors (Lipinski definition) is 3. The Kier molecular flexibility index (Phi) is 4.95. The fourth-order valence-corrected chi connectivity index (χ4v) is 2.07. The fourth-order valence-electron chi connectivity index (χ4n) is 2.07. The number of hydrogen-bond donors (Lipinski definition) is 2. The van der Waals surface area contributed by atoms with E-state index >= 15 is 0 Å². The van der Waals surface area contributed by atoms with Gasteiger partial charge in [-0.25, -0.2) is 9.78 Å². The van der Waals surface area contributed by atoms with Crippen LogP contribution in [0.4, 0.5) is 4.79 Å². The van der Waals surface area contributed by atoms with Crippen molar-refractivity contribution in [2.75, 3.05) is 0 Å². The molecule has 0 fully saturated rings. The molecule has 0 aliphatic carbocycles. The molecule has 2 aromatic heterocycles. The van der Waals surface area contributed by atoms with E-state index in [0.29, 0.717) is 6.42 Å². The third-order valence-corrected chi connectivity index (χ3v) is 3.14. The van der Waals surface area contributed by atoms with E-state index in [0.717, 1.165) is 22.2 Å². The molecule has 2 heterocycles. The van der Waals surface area contributed by atoms with Crippen molar-refractivity contribution < 1.29 is 9.53 Å². The first-order valence-corrected chi connectivity index (χ1v) is 7.67. The molecule has 5 nitrogen and oxygen atoms in total. The largest absolute Gasteiger partial charge is 0.444 e. The van der Waals surface area contributed by atoms with Crippen molar-refractivity contribution in [1.82, 2.24) is 15.3 Å². The number of nitrogens with one attached hydrogen (secondary N) is 2. The van der Waals surface area contributed by atoms with Crippen molar-refractivity contribution in [2.45, 2.75) is 52.7 Å². The molecule has 1 atom stereocenters. The predicted molar refractivity (Wildman–Crippen MR) is 91.2 cm³/mol. The van der Waals surface area contributed by atoms with E-state index in [1.807, 2.05) is 46.9 Å². The fraction of sp³-hybridized carbons (Fsp3) is 0.444. The summed E-state index contributed by atoms with van der Waals surface area (Å²) in [5.74, 6) is 6.16. The van der Waals surface area contributed by atoms with Gasteiger partial charge in [-0.15, -0.1) is 0 Å². The molecule has 5 heteroatoms. The Morgan fingerprint density at radius 3 is 2.91 bits per heavy atom. The summed E-state index contributed by atoms with van der Waals surface area (Å²) in [6.07, 6.45) is 3.81. The highest BCUT2D eigenvalue weighted by atomic mass is 16.6. The number of ether oxygens (including phenoxy) is 1. The van der Waals surface area contributed by atoms with Gasteiger partial charge in [0.1, 0.15) is 11.2 Å². The first-order chi connectivity index (χ1) is 10.7. The zero-order valence-electron chi connectivity index (χ0n) is 14.3. The van der Waals surface area contributed by atoms with E-state index in [1.165, 1.54) is 0 Å². The Hall–Kier alpha value is -2.48. The third kappa shape index (κ3) is 5.03. The molecule has 23 heavy (non-hydrogen) atoms. The van der Waals surface area contributed by atoms with E-state index < -0.39 is 11.7 Å². The monoisotopic (exact) mass is 313 g/mol. The SMILES string of the molecule is Cc1c[nH]c2ncc(C#CC[C@H](C)NC(=O)OC(C)(C)C)cc12. The first kappa shape index (κ1) is 16.9. The number of alkyl carbamates (subject to hydrolysis) is 1. The van der Waals surface area contributed by atoms with Gasteiger partial charge in [-0.2, -0.15) is 0 Å². The van der Waals surface area contributed by atoms with Crippen LogP contribution in [0.3, 0.4) is 0 Å². The van der Waals surface area contributed by atoms with Crippen LogP contribution in [-0.2, 0) is 4.74 Å². The van der Waals surface area contributed by atoms with Gasteiger partial charge in [-0.05, 0) is 46.2 Å². The van der Waals surface area contributed by atoms with Crippen LogP contribution in [0, 0.1) is 18.8 Å². The van der Waals surface area contributed by atoms with Crippen LogP contribution in [-0.4, -0.2) is 27.7 Å². The maximum atomic E-state index is 11.7. The van der Waals surface area contributed by atoms with Gasteiger partial charge in [0, 0.05) is 35.8 Å². The van der Waals surface area contributed by atoms with E-state index in [9.17, 15) is 4.79 Å². The van der Waals surface area contributed by atoms with Gasteiger partial charge < -0.3 is 15.0 Å². The van der Waals surface area contributed by atoms with Crippen molar-refractivity contribution >= 4 is 17.1 Å². The minimum Gasteiger partial charge on any atom is -0.444 e. The summed E-state index contributed by atoms with van der Waals surface area (Å²) in [6, 6.07) is 1.94. The summed E-state index contributed by atoms with van der Waals surface area (Å²) < 4.78 is 5.21. The molecular weight excluding hydrogens is 290 g/mol. The molecule has 0 aromatic carbocycles. The zero-order chi connectivity index (χ0) is 17.0. The van der Waals surface area contributed by atoms with Crippen LogP contribution in [0.5, 0.6) is 0 Å². The number of aromatic nitrogens is 2. The molecular formula is C18H23N3O2. The highest BCUT2D eigenvalue weighted by molar-refractivity contribution is 5.80. The number of amides is 1. The number of carbonyl (C=O) groups excluding carboxylic acids is 1. The Labute approximate surface area is 136 Å². The zero-order valence-corrected chi connectivity index (χ0v) is 14.3. The number of fused-ring (bicyclic) bond motifs is 1. The van der Waals surface area contributed by atoms with E-state index in [4.69, 9.17) is 4.74 Å². The lowest BCUT2D eigenvalue weighted by Gasteiger charge is -2.21. The van der Waals surface area contributed by atoms with Crippen LogP contribution in [0.15, 0.2) is 18.5 Å². The molecule has 0 bridgehead atoms. The van der Waals surface area contributed by atoms with Crippen molar-refractivity contribution in [3.05, 3.63) is 29.6 Å². The van der Waals surface area contributed by atoms with E-state index in [1.54, 1.807) is 6.20 Å². The van der Waals surface area contributed by atoms with Gasteiger partial charge in [0.2, 0.25) is 0 Å². The molecule has 0 unspecified atom stereocenters. The Morgan fingerprint density at radius 2 is 2.22 bits per heavy atom. The minimum atomic E-state index is -0.495. The lowest BCUT2D eigenvalue weighted by atomic mass is 10.1. The van der Waals surface area contributed by atoms with Gasteiger partial charge in [-0.1, -0.05) is 11.8 Å². The number of pyridine rings is 1. The summed E-state index contributed by atoms with van der Waals surface area (Å²) >= 11 is 0. The molecule has 0 radical (unpaired) electrons. The van der Waals surface area contributed by atoms with Gasteiger partial charge in [-0.3, -0.25) is 0 Å². The molecule has 0 saturated carbocycles. The van der Waals surface area contributed by atoms with Crippen LogP contribution < -0.4 is 5.32 Å². The molecule has 2 N–H and O–H groups in total. The molecule has 2 rings (SSSR count). The van der Waals surface area contributed by atoms with Crippen molar-refractivity contribution in [3.63, 3.8) is 0 Å². The first-order valence-electron chi connectivity index (χ1n) is 7.67. The van der Waals surface area contributed by atoms with Crippen LogP contribution >= 0.6 is 0 Å². The van der Waals surface area contributed by atoms with Gasteiger partial charge in [0.05, 0.1) is 0 Å². The highest BCUT2D eigenvalue weighted by Crippen LogP contribution is 2.16. The number of H-pyrrole nitrogens is 1. The number of nitrogens with zero attached hydrogens (tertiary/aromatic N) is 1. The van der Waals surface area contributed by atoms with Crippen molar-refractivity contribution in [3.8, 4) is 11.8 Å². The predicted octanol–water partition coefficient (Wildman–Crippen LogP) is 3.53. The molecule has 0 spiro atoms. The number of aryl methyl sites for hydroxylation is 1. The quantitative estimate of drug-likeness (QED) is 0.834. The molecule has 0 aliphatic rings. The maximum Gasteiger partial charge on any atom is 0.407 e. The molecule has 2 aromatic rings. The summed E-state index contributed by atoms with van der Waals surface area (Å²) in [4.78, 5) is 19.1. The normalized spacial score (nSPS) is 12.4. The summed E-state index contributed by atoms with van der Waals surface area (Å²) in [6.45, 7) is 9.44. The second-order valence-electron chi connectivity index (χ2n) is 6.65. The standard InChI is InChI=1S/C18H23N3O2/c1-12-10-19-16-15(12)9-14(11-20-16)8-6-7-13(2)21-17(22)23-18(3,4)5/h9-11,13H,7H2,1-5H3,(H,19,20)(H,21,22)/t13-/m0/s1. The molecule has 122 valence electrons. The summed E-state index contributed by atoms with van der Waals surface area (Å²) in [5, 5.41) is 3.85. The van der Waals surface area contributed by atoms with Gasteiger partial charge in [0.25, 0.3) is 0 Å². The summed E-state index contributed by atoms with van der Waals surface area (Å²) in [7, 11) is 0. The summed E-state index contributed by atoms with van der Waals surface area (Å²) in [5.41, 5.74) is 2.39. The second kappa shape index (κ2) is 6.74. The number of aromatic amines is 1. The third-order valence-electron chi connectivity index (χ3n) is 3.14. The average molecular weight is 313 g/mol.